The Bertz CT molecular complexity index is 747. The third-order valence-corrected chi connectivity index (χ3v) is 5.47. The number of carbonyl (C=O) groups excluding carboxylic acids is 1. The van der Waals surface area contributed by atoms with Gasteiger partial charge in [-0.3, -0.25) is 14.7 Å². The summed E-state index contributed by atoms with van der Waals surface area (Å²) in [4.78, 5) is 19.3. The van der Waals surface area contributed by atoms with E-state index in [0.717, 1.165) is 43.9 Å². The van der Waals surface area contributed by atoms with Crippen LogP contribution in [0.25, 0.3) is 0 Å². The molecule has 0 radical (unpaired) electrons. The van der Waals surface area contributed by atoms with Crippen molar-refractivity contribution in [3.05, 3.63) is 48.2 Å². The van der Waals surface area contributed by atoms with E-state index in [-0.39, 0.29) is 17.9 Å². The minimum Gasteiger partial charge on any atom is -0.472 e. The molecule has 6 nitrogen and oxygen atoms in total. The number of nitrogens with zero attached hydrogens (tertiary/aromatic N) is 2. The second kappa shape index (κ2) is 7.60. The van der Waals surface area contributed by atoms with Crippen LogP contribution in [0.15, 0.2) is 41.3 Å². The molecule has 0 saturated carbocycles. The number of fused-ring (bicyclic) bond motifs is 1. The number of pyridine rings is 1. The molecule has 26 heavy (non-hydrogen) atoms. The fraction of sp³-hybridized carbons (Fsp3) is 0.500. The Kier molecular flexibility index (Phi) is 5.04. The van der Waals surface area contributed by atoms with Gasteiger partial charge in [0.15, 0.2) is 0 Å². The number of nitrogens with one attached hydrogen (secondary N) is 1. The molecule has 1 amide bonds. The maximum Gasteiger partial charge on any atom is 0.229 e. The fourth-order valence-corrected chi connectivity index (χ4v) is 4.02. The zero-order valence-electron chi connectivity index (χ0n) is 15.1. The van der Waals surface area contributed by atoms with Crippen molar-refractivity contribution in [3.63, 3.8) is 0 Å². The highest BCUT2D eigenvalue weighted by Crippen LogP contribution is 2.32. The molecule has 0 spiro atoms. The monoisotopic (exact) mass is 355 g/mol. The van der Waals surface area contributed by atoms with Crippen molar-refractivity contribution < 1.29 is 13.9 Å². The van der Waals surface area contributed by atoms with Crippen molar-refractivity contribution in [2.45, 2.75) is 32.4 Å². The molecule has 1 N–H and O–H groups in total. The minimum atomic E-state index is -0.107. The normalized spacial score (nSPS) is 26.3. The SMILES string of the molecule is Cc1ncccc1NC(=O)[C@@H]1CO[C@@H]2CCN(Cc3ccoc3)C[C@@H]2C1. The van der Waals surface area contributed by atoms with Crippen molar-refractivity contribution in [2.24, 2.45) is 11.8 Å². The Hall–Kier alpha value is -2.18. The summed E-state index contributed by atoms with van der Waals surface area (Å²) < 4.78 is 11.2. The number of hydrogen-bond donors (Lipinski definition) is 1. The second-order valence-electron chi connectivity index (χ2n) is 7.35. The van der Waals surface area contributed by atoms with Crippen molar-refractivity contribution >= 4 is 11.6 Å². The molecule has 2 fully saturated rings. The first-order chi connectivity index (χ1) is 12.7. The number of piperidine rings is 1. The van der Waals surface area contributed by atoms with Gasteiger partial charge in [-0.2, -0.15) is 0 Å². The summed E-state index contributed by atoms with van der Waals surface area (Å²) in [5.74, 6) is 0.325. The van der Waals surface area contributed by atoms with E-state index in [1.807, 2.05) is 25.1 Å². The van der Waals surface area contributed by atoms with E-state index in [4.69, 9.17) is 9.15 Å². The standard InChI is InChI=1S/C20H25N3O3/c1-14-18(3-2-6-21-14)22-20(24)17-9-16-11-23(7-4-19(16)26-13-17)10-15-5-8-25-12-15/h2-3,5-6,8,12,16-17,19H,4,7,9-11,13H2,1H3,(H,22,24)/t16-,17-,19+/m0/s1. The summed E-state index contributed by atoms with van der Waals surface area (Å²) >= 11 is 0. The maximum absolute atomic E-state index is 12.7. The zero-order valence-corrected chi connectivity index (χ0v) is 15.1. The van der Waals surface area contributed by atoms with Crippen LogP contribution >= 0.6 is 0 Å². The number of hydrogen-bond acceptors (Lipinski definition) is 5. The first-order valence-electron chi connectivity index (χ1n) is 9.26. The van der Waals surface area contributed by atoms with Gasteiger partial charge in [-0.25, -0.2) is 0 Å². The molecule has 2 aromatic heterocycles. The molecule has 0 unspecified atom stereocenters. The number of ether oxygens (including phenoxy) is 1. The van der Waals surface area contributed by atoms with Gasteiger partial charge in [-0.05, 0) is 43.9 Å². The van der Waals surface area contributed by atoms with E-state index in [2.05, 4.69) is 15.2 Å². The number of carbonyl (C=O) groups is 1. The van der Waals surface area contributed by atoms with Crippen LogP contribution in [-0.4, -0.2) is 41.6 Å². The van der Waals surface area contributed by atoms with E-state index in [1.54, 1.807) is 18.7 Å². The number of amides is 1. The number of likely N-dealkylation sites (tertiary alicyclic amines) is 1. The molecule has 0 bridgehead atoms. The van der Waals surface area contributed by atoms with Crippen molar-refractivity contribution in [1.82, 2.24) is 9.88 Å². The van der Waals surface area contributed by atoms with Crippen molar-refractivity contribution in [2.75, 3.05) is 25.0 Å². The average Bonchev–Trinajstić information content (AvgIpc) is 3.16. The minimum absolute atomic E-state index is 0.0338. The van der Waals surface area contributed by atoms with Crippen LogP contribution in [0.5, 0.6) is 0 Å². The molecule has 2 aromatic rings. The van der Waals surface area contributed by atoms with E-state index in [9.17, 15) is 4.79 Å². The molecular formula is C20H25N3O3. The number of aryl methyl sites for hydroxylation is 1. The molecule has 138 valence electrons. The summed E-state index contributed by atoms with van der Waals surface area (Å²) in [6.07, 6.45) is 7.43. The van der Waals surface area contributed by atoms with Crippen LogP contribution in [0.2, 0.25) is 0 Å². The average molecular weight is 355 g/mol. The zero-order chi connectivity index (χ0) is 17.9. The molecule has 2 aliphatic rings. The number of anilines is 1. The lowest BCUT2D eigenvalue weighted by atomic mass is 9.83. The maximum atomic E-state index is 12.7. The molecule has 4 rings (SSSR count). The number of furan rings is 1. The summed E-state index contributed by atoms with van der Waals surface area (Å²) in [6.45, 7) is 5.29. The predicted octanol–water partition coefficient (Wildman–Crippen LogP) is 2.85. The summed E-state index contributed by atoms with van der Waals surface area (Å²) in [6, 6.07) is 5.74. The van der Waals surface area contributed by atoms with Gasteiger partial charge in [-0.1, -0.05) is 0 Å². The van der Waals surface area contributed by atoms with Gasteiger partial charge in [0.25, 0.3) is 0 Å². The van der Waals surface area contributed by atoms with Gasteiger partial charge >= 0.3 is 0 Å². The number of aromatic nitrogens is 1. The van der Waals surface area contributed by atoms with Crippen LogP contribution in [0.4, 0.5) is 5.69 Å². The summed E-state index contributed by atoms with van der Waals surface area (Å²) in [7, 11) is 0. The largest absolute Gasteiger partial charge is 0.472 e. The third kappa shape index (κ3) is 3.81. The Morgan fingerprint density at radius 1 is 1.42 bits per heavy atom. The topological polar surface area (TPSA) is 67.6 Å². The summed E-state index contributed by atoms with van der Waals surface area (Å²) in [5.41, 5.74) is 2.81. The molecule has 2 saturated heterocycles. The van der Waals surface area contributed by atoms with Gasteiger partial charge in [0.05, 0.1) is 42.5 Å². The molecule has 6 heteroatoms. The van der Waals surface area contributed by atoms with Crippen LogP contribution in [0, 0.1) is 18.8 Å². The van der Waals surface area contributed by atoms with E-state index in [0.29, 0.717) is 12.5 Å². The molecular weight excluding hydrogens is 330 g/mol. The highest BCUT2D eigenvalue weighted by Gasteiger charge is 2.38. The van der Waals surface area contributed by atoms with Crippen LogP contribution in [0.1, 0.15) is 24.1 Å². The smallest absolute Gasteiger partial charge is 0.229 e. The Balaban J connectivity index is 1.36. The van der Waals surface area contributed by atoms with Crippen molar-refractivity contribution in [1.29, 1.82) is 0 Å². The molecule has 0 aliphatic carbocycles. The van der Waals surface area contributed by atoms with Crippen LogP contribution in [-0.2, 0) is 16.1 Å². The van der Waals surface area contributed by atoms with Crippen LogP contribution in [0.3, 0.4) is 0 Å². The van der Waals surface area contributed by atoms with Gasteiger partial charge in [-0.15, -0.1) is 0 Å². The van der Waals surface area contributed by atoms with Gasteiger partial charge < -0.3 is 14.5 Å². The van der Waals surface area contributed by atoms with E-state index in [1.165, 1.54) is 5.56 Å². The molecule has 0 aromatic carbocycles. The quantitative estimate of drug-likeness (QED) is 0.913. The van der Waals surface area contributed by atoms with Gasteiger partial charge in [0.2, 0.25) is 5.91 Å². The molecule has 3 atom stereocenters. The summed E-state index contributed by atoms with van der Waals surface area (Å²) in [5, 5.41) is 3.02. The Morgan fingerprint density at radius 3 is 3.15 bits per heavy atom. The fourth-order valence-electron chi connectivity index (χ4n) is 4.02. The lowest BCUT2D eigenvalue weighted by Crippen LogP contribution is -2.49. The van der Waals surface area contributed by atoms with Crippen molar-refractivity contribution in [3.8, 4) is 0 Å². The second-order valence-corrected chi connectivity index (χ2v) is 7.35. The lowest BCUT2D eigenvalue weighted by Gasteiger charge is -2.43. The third-order valence-electron chi connectivity index (χ3n) is 5.47. The van der Waals surface area contributed by atoms with E-state index < -0.39 is 0 Å². The molecule has 2 aliphatic heterocycles. The van der Waals surface area contributed by atoms with Crippen LogP contribution < -0.4 is 5.32 Å². The first kappa shape index (κ1) is 17.2. The Labute approximate surface area is 153 Å². The van der Waals surface area contributed by atoms with E-state index >= 15 is 0 Å². The Morgan fingerprint density at radius 2 is 2.35 bits per heavy atom. The highest BCUT2D eigenvalue weighted by atomic mass is 16.5. The van der Waals surface area contributed by atoms with Gasteiger partial charge in [0, 0.05) is 31.4 Å². The molecule has 4 heterocycles. The predicted molar refractivity (Wildman–Crippen MR) is 97.5 cm³/mol. The highest BCUT2D eigenvalue weighted by molar-refractivity contribution is 5.93. The van der Waals surface area contributed by atoms with Gasteiger partial charge in [0.1, 0.15) is 0 Å². The number of rotatable bonds is 4. The first-order valence-corrected chi connectivity index (χ1v) is 9.26. The lowest BCUT2D eigenvalue weighted by molar-refractivity contribution is -0.134.